The summed E-state index contributed by atoms with van der Waals surface area (Å²) in [5.41, 5.74) is 1.11. The van der Waals surface area contributed by atoms with Gasteiger partial charge >= 0.3 is 0 Å². The molecule has 0 unspecified atom stereocenters. The van der Waals surface area contributed by atoms with E-state index in [1.165, 1.54) is 19.3 Å². The molecule has 0 amide bonds. The van der Waals surface area contributed by atoms with Crippen molar-refractivity contribution in [2.24, 2.45) is 0 Å². The van der Waals surface area contributed by atoms with Crippen molar-refractivity contribution in [3.8, 4) is 0 Å². The Morgan fingerprint density at radius 2 is 1.79 bits per heavy atom. The molecule has 108 valence electrons. The lowest BCUT2D eigenvalue weighted by atomic mass is 10.1. The van der Waals surface area contributed by atoms with E-state index >= 15 is 0 Å². The molecule has 0 saturated carbocycles. The molecule has 2 heterocycles. The van der Waals surface area contributed by atoms with Crippen LogP contribution in [0.4, 0.5) is 0 Å². The van der Waals surface area contributed by atoms with Gasteiger partial charge in [0.05, 0.1) is 17.9 Å². The molecule has 0 N–H and O–H groups in total. The minimum atomic E-state index is -3.71. The molecular formula is C12H20ClN3O2S. The number of piperidine rings is 1. The van der Waals surface area contributed by atoms with Crippen molar-refractivity contribution in [1.82, 2.24) is 14.7 Å². The molecule has 0 bridgehead atoms. The zero-order chi connectivity index (χ0) is 14.0. The predicted octanol–water partition coefficient (Wildman–Crippen LogP) is 1.91. The van der Waals surface area contributed by atoms with Gasteiger partial charge in [0.15, 0.2) is 0 Å². The average molecular weight is 306 g/mol. The summed E-state index contributed by atoms with van der Waals surface area (Å²) in [5.74, 6) is 0. The SMILES string of the molecule is Cc1nn(CCN2CCCCC2)c(C)c1S(=O)(=O)Cl. The highest BCUT2D eigenvalue weighted by Gasteiger charge is 2.22. The monoisotopic (exact) mass is 305 g/mol. The van der Waals surface area contributed by atoms with Gasteiger partial charge in [0.1, 0.15) is 4.90 Å². The van der Waals surface area contributed by atoms with Crippen LogP contribution in [0.1, 0.15) is 30.7 Å². The van der Waals surface area contributed by atoms with Gasteiger partial charge in [-0.15, -0.1) is 0 Å². The molecule has 2 rings (SSSR count). The maximum Gasteiger partial charge on any atom is 0.264 e. The Balaban J connectivity index is 2.09. The highest BCUT2D eigenvalue weighted by atomic mass is 35.7. The van der Waals surface area contributed by atoms with E-state index in [-0.39, 0.29) is 4.90 Å². The van der Waals surface area contributed by atoms with Crippen LogP contribution in [-0.4, -0.2) is 42.7 Å². The van der Waals surface area contributed by atoms with E-state index in [9.17, 15) is 8.42 Å². The molecule has 0 radical (unpaired) electrons. The van der Waals surface area contributed by atoms with E-state index in [1.54, 1.807) is 18.5 Å². The van der Waals surface area contributed by atoms with Crippen LogP contribution in [0.3, 0.4) is 0 Å². The topological polar surface area (TPSA) is 55.2 Å². The number of likely N-dealkylation sites (tertiary alicyclic amines) is 1. The normalized spacial score (nSPS) is 17.8. The van der Waals surface area contributed by atoms with Crippen LogP contribution in [0.2, 0.25) is 0 Å². The summed E-state index contributed by atoms with van der Waals surface area (Å²) in [4.78, 5) is 2.56. The average Bonchev–Trinajstić information content (AvgIpc) is 2.62. The minimum Gasteiger partial charge on any atom is -0.301 e. The Morgan fingerprint density at radius 3 is 2.32 bits per heavy atom. The summed E-state index contributed by atoms with van der Waals surface area (Å²) in [5, 5.41) is 4.29. The van der Waals surface area contributed by atoms with Gasteiger partial charge in [-0.2, -0.15) is 5.10 Å². The first-order chi connectivity index (χ1) is 8.89. The van der Waals surface area contributed by atoms with Gasteiger partial charge in [0.25, 0.3) is 9.05 Å². The highest BCUT2D eigenvalue weighted by molar-refractivity contribution is 8.13. The highest BCUT2D eigenvalue weighted by Crippen LogP contribution is 2.23. The quantitative estimate of drug-likeness (QED) is 0.798. The van der Waals surface area contributed by atoms with E-state index in [2.05, 4.69) is 10.00 Å². The smallest absolute Gasteiger partial charge is 0.264 e. The van der Waals surface area contributed by atoms with Gasteiger partial charge in [-0.05, 0) is 39.8 Å². The van der Waals surface area contributed by atoms with Crippen LogP contribution in [0, 0.1) is 13.8 Å². The van der Waals surface area contributed by atoms with Crippen molar-refractivity contribution in [2.75, 3.05) is 19.6 Å². The lowest BCUT2D eigenvalue weighted by Gasteiger charge is -2.26. The third-order valence-electron chi connectivity index (χ3n) is 3.64. The molecule has 1 fully saturated rings. The van der Waals surface area contributed by atoms with Crippen LogP contribution in [0.25, 0.3) is 0 Å². The number of halogens is 1. The van der Waals surface area contributed by atoms with Crippen LogP contribution in [-0.2, 0) is 15.6 Å². The van der Waals surface area contributed by atoms with Crippen LogP contribution < -0.4 is 0 Å². The Hall–Kier alpha value is -0.590. The number of hydrogen-bond donors (Lipinski definition) is 0. The Kier molecular flexibility index (Phi) is 4.53. The third-order valence-corrected chi connectivity index (χ3v) is 5.18. The Morgan fingerprint density at radius 1 is 1.16 bits per heavy atom. The van der Waals surface area contributed by atoms with E-state index in [1.807, 2.05) is 0 Å². The molecule has 7 heteroatoms. The van der Waals surface area contributed by atoms with Crippen molar-refractivity contribution in [3.63, 3.8) is 0 Å². The van der Waals surface area contributed by atoms with Crippen molar-refractivity contribution >= 4 is 19.7 Å². The maximum absolute atomic E-state index is 11.5. The molecule has 1 aliphatic heterocycles. The van der Waals surface area contributed by atoms with Gasteiger partial charge in [-0.1, -0.05) is 6.42 Å². The van der Waals surface area contributed by atoms with E-state index in [0.717, 1.165) is 19.6 Å². The molecule has 0 aliphatic carbocycles. The molecule has 1 aromatic rings. The fraction of sp³-hybridized carbons (Fsp3) is 0.750. The molecule has 0 atom stereocenters. The first kappa shape index (κ1) is 14.8. The second-order valence-corrected chi connectivity index (χ2v) is 7.57. The largest absolute Gasteiger partial charge is 0.301 e. The fourth-order valence-corrected chi connectivity index (χ4v) is 4.19. The van der Waals surface area contributed by atoms with Crippen molar-refractivity contribution in [3.05, 3.63) is 11.4 Å². The molecule has 1 aliphatic rings. The molecule has 1 saturated heterocycles. The lowest BCUT2D eigenvalue weighted by molar-refractivity contribution is 0.217. The number of hydrogen-bond acceptors (Lipinski definition) is 4. The summed E-state index contributed by atoms with van der Waals surface area (Å²) >= 11 is 0. The van der Waals surface area contributed by atoms with Crippen molar-refractivity contribution in [2.45, 2.75) is 44.6 Å². The Bertz CT molecular complexity index is 548. The van der Waals surface area contributed by atoms with E-state index < -0.39 is 9.05 Å². The summed E-state index contributed by atoms with van der Waals surface area (Å²) in [6.45, 7) is 7.30. The van der Waals surface area contributed by atoms with Crippen LogP contribution in [0.5, 0.6) is 0 Å². The number of nitrogens with zero attached hydrogens (tertiary/aromatic N) is 3. The zero-order valence-corrected chi connectivity index (χ0v) is 13.0. The van der Waals surface area contributed by atoms with Crippen molar-refractivity contribution in [1.29, 1.82) is 0 Å². The second-order valence-electron chi connectivity index (χ2n) is 5.06. The zero-order valence-electron chi connectivity index (χ0n) is 11.4. The minimum absolute atomic E-state index is 0.160. The van der Waals surface area contributed by atoms with Gasteiger partial charge in [0.2, 0.25) is 0 Å². The van der Waals surface area contributed by atoms with Gasteiger partial charge in [0, 0.05) is 17.2 Å². The lowest BCUT2D eigenvalue weighted by Crippen LogP contribution is -2.32. The standard InChI is InChI=1S/C12H20ClN3O2S/c1-10-12(19(13,17)18)11(2)16(14-10)9-8-15-6-4-3-5-7-15/h3-9H2,1-2H3. The summed E-state index contributed by atoms with van der Waals surface area (Å²) in [7, 11) is 1.73. The van der Waals surface area contributed by atoms with E-state index in [0.29, 0.717) is 17.9 Å². The van der Waals surface area contributed by atoms with Gasteiger partial charge in [-0.3, -0.25) is 4.68 Å². The molecule has 5 nitrogen and oxygen atoms in total. The van der Waals surface area contributed by atoms with Crippen molar-refractivity contribution < 1.29 is 8.42 Å². The molecule has 1 aromatic heterocycles. The van der Waals surface area contributed by atoms with Crippen LogP contribution in [0.15, 0.2) is 4.90 Å². The molecule has 19 heavy (non-hydrogen) atoms. The first-order valence-corrected chi connectivity index (χ1v) is 8.91. The third kappa shape index (κ3) is 3.49. The van der Waals surface area contributed by atoms with Gasteiger partial charge < -0.3 is 4.90 Å². The second kappa shape index (κ2) is 5.81. The summed E-state index contributed by atoms with van der Waals surface area (Å²) < 4.78 is 24.7. The molecular weight excluding hydrogens is 286 g/mol. The van der Waals surface area contributed by atoms with Gasteiger partial charge in [-0.25, -0.2) is 8.42 Å². The fourth-order valence-electron chi connectivity index (χ4n) is 2.67. The number of aryl methyl sites for hydroxylation is 1. The summed E-state index contributed by atoms with van der Waals surface area (Å²) in [6.07, 6.45) is 3.81. The molecule has 0 aromatic carbocycles. The molecule has 0 spiro atoms. The van der Waals surface area contributed by atoms with Crippen LogP contribution >= 0.6 is 10.7 Å². The van der Waals surface area contributed by atoms with E-state index in [4.69, 9.17) is 10.7 Å². The summed E-state index contributed by atoms with van der Waals surface area (Å²) in [6, 6.07) is 0. The number of aromatic nitrogens is 2. The Labute approximate surface area is 119 Å². The maximum atomic E-state index is 11.5. The predicted molar refractivity (Wildman–Crippen MR) is 75.0 cm³/mol. The first-order valence-electron chi connectivity index (χ1n) is 6.60. The number of rotatable bonds is 4.